The average Bonchev–Trinajstić information content (AvgIpc) is 3.04. The van der Waals surface area contributed by atoms with Crippen molar-refractivity contribution < 1.29 is 19.1 Å². The van der Waals surface area contributed by atoms with Crippen LogP contribution in [0, 0.1) is 5.92 Å². The summed E-state index contributed by atoms with van der Waals surface area (Å²) in [5, 5.41) is 0. The van der Waals surface area contributed by atoms with Gasteiger partial charge in [0, 0.05) is 32.5 Å². The highest BCUT2D eigenvalue weighted by molar-refractivity contribution is 6.36. The number of carbonyl (C=O) groups excluding carboxylic acids is 2. The van der Waals surface area contributed by atoms with E-state index in [1.165, 1.54) is 4.90 Å². The van der Waals surface area contributed by atoms with E-state index in [4.69, 9.17) is 9.47 Å². The van der Waals surface area contributed by atoms with Crippen molar-refractivity contribution in [2.45, 2.75) is 27.2 Å². The Morgan fingerprint density at radius 3 is 2.25 bits per heavy atom. The Morgan fingerprint density at radius 1 is 0.969 bits per heavy atom. The van der Waals surface area contributed by atoms with Crippen molar-refractivity contribution in [1.29, 1.82) is 0 Å². The SMILES string of the molecule is CCN(C1=C(c2ccc(OCC(C)C)cc2)C(=O)N(CCCOC)C1=O)c1ccccc1. The molecule has 1 aliphatic heterocycles. The highest BCUT2D eigenvalue weighted by Crippen LogP contribution is 2.34. The number of para-hydroxylation sites is 1. The molecular weight excluding hydrogens is 404 g/mol. The smallest absolute Gasteiger partial charge is 0.278 e. The van der Waals surface area contributed by atoms with E-state index in [0.29, 0.717) is 55.5 Å². The van der Waals surface area contributed by atoms with Crippen LogP contribution in [0.2, 0.25) is 0 Å². The second-order valence-electron chi connectivity index (χ2n) is 8.14. The number of amides is 2. The van der Waals surface area contributed by atoms with E-state index in [1.807, 2.05) is 66.4 Å². The Morgan fingerprint density at radius 2 is 1.66 bits per heavy atom. The minimum Gasteiger partial charge on any atom is -0.493 e. The van der Waals surface area contributed by atoms with Crippen LogP contribution in [0.15, 0.2) is 60.3 Å². The first-order valence-electron chi connectivity index (χ1n) is 11.1. The van der Waals surface area contributed by atoms with Gasteiger partial charge in [-0.25, -0.2) is 0 Å². The van der Waals surface area contributed by atoms with Crippen molar-refractivity contribution >= 4 is 23.1 Å². The van der Waals surface area contributed by atoms with Crippen molar-refractivity contribution in [2.75, 3.05) is 38.3 Å². The molecule has 0 unspecified atom stereocenters. The Bertz CT molecular complexity index is 952. The number of benzene rings is 2. The minimum atomic E-state index is -0.272. The molecule has 6 nitrogen and oxygen atoms in total. The van der Waals surface area contributed by atoms with Crippen molar-refractivity contribution in [3.8, 4) is 5.75 Å². The van der Waals surface area contributed by atoms with Gasteiger partial charge in [-0.15, -0.1) is 0 Å². The molecule has 2 aromatic carbocycles. The van der Waals surface area contributed by atoms with Crippen LogP contribution in [0.4, 0.5) is 5.69 Å². The summed E-state index contributed by atoms with van der Waals surface area (Å²) >= 11 is 0. The lowest BCUT2D eigenvalue weighted by atomic mass is 10.0. The fraction of sp³-hybridized carbons (Fsp3) is 0.385. The lowest BCUT2D eigenvalue weighted by molar-refractivity contribution is -0.137. The topological polar surface area (TPSA) is 59.1 Å². The second kappa shape index (κ2) is 11.0. The lowest BCUT2D eigenvalue weighted by Crippen LogP contribution is -2.36. The maximum atomic E-state index is 13.5. The summed E-state index contributed by atoms with van der Waals surface area (Å²) < 4.78 is 10.9. The molecule has 0 saturated heterocycles. The number of ether oxygens (including phenoxy) is 2. The van der Waals surface area contributed by atoms with Gasteiger partial charge < -0.3 is 14.4 Å². The van der Waals surface area contributed by atoms with E-state index in [2.05, 4.69) is 13.8 Å². The normalized spacial score (nSPS) is 14.0. The van der Waals surface area contributed by atoms with E-state index in [0.717, 1.165) is 11.4 Å². The molecule has 2 amide bonds. The third kappa shape index (κ3) is 5.19. The first-order valence-corrected chi connectivity index (χ1v) is 11.1. The number of hydrogen-bond acceptors (Lipinski definition) is 5. The Balaban J connectivity index is 2.01. The summed E-state index contributed by atoms with van der Waals surface area (Å²) in [5.41, 5.74) is 2.42. The average molecular weight is 437 g/mol. The van der Waals surface area contributed by atoms with Crippen LogP contribution in [0.3, 0.4) is 0 Å². The zero-order valence-corrected chi connectivity index (χ0v) is 19.3. The maximum absolute atomic E-state index is 13.5. The molecule has 2 aromatic rings. The summed E-state index contributed by atoms with van der Waals surface area (Å²) in [7, 11) is 1.61. The van der Waals surface area contributed by atoms with Crippen LogP contribution in [-0.2, 0) is 14.3 Å². The summed E-state index contributed by atoms with van der Waals surface area (Å²) in [5.74, 6) is 0.620. The molecule has 0 N–H and O–H groups in total. The van der Waals surface area contributed by atoms with Crippen LogP contribution in [0.1, 0.15) is 32.8 Å². The van der Waals surface area contributed by atoms with Gasteiger partial charge in [0.25, 0.3) is 11.8 Å². The first-order chi connectivity index (χ1) is 15.5. The number of imide groups is 1. The molecule has 0 aromatic heterocycles. The van der Waals surface area contributed by atoms with Gasteiger partial charge in [0.15, 0.2) is 0 Å². The van der Waals surface area contributed by atoms with Crippen molar-refractivity contribution in [3.05, 3.63) is 65.9 Å². The molecule has 32 heavy (non-hydrogen) atoms. The van der Waals surface area contributed by atoms with Crippen molar-refractivity contribution in [3.63, 3.8) is 0 Å². The molecule has 0 radical (unpaired) electrons. The Hall–Kier alpha value is -3.12. The van der Waals surface area contributed by atoms with Gasteiger partial charge in [0.2, 0.25) is 0 Å². The van der Waals surface area contributed by atoms with Crippen molar-refractivity contribution in [2.24, 2.45) is 5.92 Å². The monoisotopic (exact) mass is 436 g/mol. The van der Waals surface area contributed by atoms with Gasteiger partial charge in [-0.1, -0.05) is 44.2 Å². The fourth-order valence-corrected chi connectivity index (χ4v) is 3.70. The first kappa shape index (κ1) is 23.5. The number of anilines is 1. The number of carbonyl (C=O) groups is 2. The molecule has 0 bridgehead atoms. The van der Waals surface area contributed by atoms with Crippen LogP contribution in [0.25, 0.3) is 5.57 Å². The van der Waals surface area contributed by atoms with E-state index < -0.39 is 0 Å². The minimum absolute atomic E-state index is 0.271. The molecule has 0 saturated carbocycles. The molecule has 0 spiro atoms. The Kier molecular flexibility index (Phi) is 8.06. The third-order valence-electron chi connectivity index (χ3n) is 5.25. The molecule has 170 valence electrons. The maximum Gasteiger partial charge on any atom is 0.278 e. The molecule has 1 aliphatic rings. The van der Waals surface area contributed by atoms with E-state index in [-0.39, 0.29) is 11.8 Å². The lowest BCUT2D eigenvalue weighted by Gasteiger charge is -2.25. The predicted molar refractivity (Wildman–Crippen MR) is 126 cm³/mol. The number of likely N-dealkylation sites (N-methyl/N-ethyl adjacent to an activating group) is 1. The zero-order chi connectivity index (χ0) is 23.1. The highest BCUT2D eigenvalue weighted by atomic mass is 16.5. The molecule has 6 heteroatoms. The highest BCUT2D eigenvalue weighted by Gasteiger charge is 2.41. The molecule has 0 aliphatic carbocycles. The van der Waals surface area contributed by atoms with Gasteiger partial charge >= 0.3 is 0 Å². The zero-order valence-electron chi connectivity index (χ0n) is 19.3. The van der Waals surface area contributed by atoms with Crippen LogP contribution in [-0.4, -0.2) is 50.1 Å². The van der Waals surface area contributed by atoms with Crippen LogP contribution >= 0.6 is 0 Å². The number of rotatable bonds is 11. The van der Waals surface area contributed by atoms with E-state index in [9.17, 15) is 9.59 Å². The standard InChI is InChI=1S/C26H32N2O4/c1-5-27(21-10-7-6-8-11-21)24-23(25(29)28(26(24)30)16-9-17-31-4)20-12-14-22(15-13-20)32-18-19(2)3/h6-8,10-15,19H,5,9,16-18H2,1-4H3. The van der Waals surface area contributed by atoms with Gasteiger partial charge in [0.1, 0.15) is 11.4 Å². The van der Waals surface area contributed by atoms with Crippen molar-refractivity contribution in [1.82, 2.24) is 4.90 Å². The molecule has 0 fully saturated rings. The Labute approximate surface area is 190 Å². The molecule has 0 atom stereocenters. The molecule has 3 rings (SSSR count). The number of hydrogen-bond donors (Lipinski definition) is 0. The fourth-order valence-electron chi connectivity index (χ4n) is 3.70. The summed E-state index contributed by atoms with van der Waals surface area (Å²) in [6.45, 7) is 8.15. The van der Waals surface area contributed by atoms with E-state index in [1.54, 1.807) is 7.11 Å². The summed E-state index contributed by atoms with van der Waals surface area (Å²) in [6.07, 6.45) is 0.591. The van der Waals surface area contributed by atoms with Gasteiger partial charge in [-0.2, -0.15) is 0 Å². The summed E-state index contributed by atoms with van der Waals surface area (Å²) in [4.78, 5) is 30.1. The largest absolute Gasteiger partial charge is 0.493 e. The quantitative estimate of drug-likeness (QED) is 0.387. The van der Waals surface area contributed by atoms with Gasteiger partial charge in [-0.3, -0.25) is 14.5 Å². The number of methoxy groups -OCH3 is 1. The van der Waals surface area contributed by atoms with Crippen LogP contribution < -0.4 is 9.64 Å². The summed E-state index contributed by atoms with van der Waals surface area (Å²) in [6, 6.07) is 17.1. The molecule has 1 heterocycles. The van der Waals surface area contributed by atoms with Gasteiger partial charge in [-0.05, 0) is 49.1 Å². The second-order valence-corrected chi connectivity index (χ2v) is 8.14. The third-order valence-corrected chi connectivity index (χ3v) is 5.25. The van der Waals surface area contributed by atoms with Crippen LogP contribution in [0.5, 0.6) is 5.75 Å². The van der Waals surface area contributed by atoms with Gasteiger partial charge in [0.05, 0.1) is 12.2 Å². The number of nitrogens with zero attached hydrogens (tertiary/aromatic N) is 2. The predicted octanol–water partition coefficient (Wildman–Crippen LogP) is 4.36. The van der Waals surface area contributed by atoms with E-state index >= 15 is 0 Å². The molecular formula is C26H32N2O4.